The monoisotopic (exact) mass is 1860 g/mol. The number of aryl methyl sites for hydroxylation is 9. The average molecular weight is 1860 g/mol. The molecule has 0 aliphatic carbocycles. The van der Waals surface area contributed by atoms with Crippen LogP contribution in [0.4, 0.5) is 0 Å². The van der Waals surface area contributed by atoms with Crippen LogP contribution in [0.1, 0.15) is 164 Å². The lowest BCUT2D eigenvalue weighted by Gasteiger charge is -2.20. The molecule has 18 rings (SSSR count). The van der Waals surface area contributed by atoms with Crippen molar-refractivity contribution in [2.24, 2.45) is 21.1 Å². The van der Waals surface area contributed by atoms with Crippen molar-refractivity contribution in [3.63, 3.8) is 0 Å². The second-order valence-electron chi connectivity index (χ2n) is 34.3. The van der Waals surface area contributed by atoms with E-state index in [2.05, 4.69) is 228 Å². The lowest BCUT2D eigenvalue weighted by atomic mass is 9.98. The van der Waals surface area contributed by atoms with Gasteiger partial charge < -0.3 is 42.4 Å². The maximum Gasteiger partial charge on any atom is 0.339 e. The number of carboxylic acid groups (broad SMARTS) is 1. The molecule has 0 fully saturated rings. The van der Waals surface area contributed by atoms with Gasteiger partial charge >= 0.3 is 17.9 Å². The molecular weight excluding hydrogens is 1760 g/mol. The van der Waals surface area contributed by atoms with Gasteiger partial charge in [-0.05, 0) is 239 Å². The van der Waals surface area contributed by atoms with Crippen molar-refractivity contribution >= 4 is 124 Å². The Hall–Kier alpha value is -12.9. The summed E-state index contributed by atoms with van der Waals surface area (Å²) in [5.41, 5.74) is 28.8. The van der Waals surface area contributed by atoms with E-state index >= 15 is 0 Å². The number of carbonyl (C=O) groups excluding carboxylic acids is 2. The number of carbonyl (C=O) groups is 3. The van der Waals surface area contributed by atoms with Crippen molar-refractivity contribution in [1.29, 1.82) is 0 Å². The van der Waals surface area contributed by atoms with E-state index in [4.69, 9.17) is 39.4 Å². The number of halogens is 2. The normalized spacial score (nSPS) is 11.5. The first-order chi connectivity index (χ1) is 60.6. The smallest absolute Gasteiger partial charge is 0.339 e. The van der Waals surface area contributed by atoms with E-state index in [0.717, 1.165) is 212 Å². The molecule has 0 amide bonds. The van der Waals surface area contributed by atoms with Gasteiger partial charge in [-0.15, -0.1) is 24.0 Å². The number of imidazole rings is 6. The molecule has 0 spiro atoms. The van der Waals surface area contributed by atoms with Crippen LogP contribution in [0.25, 0.3) is 134 Å². The molecule has 18 aromatic rings. The van der Waals surface area contributed by atoms with Crippen LogP contribution in [-0.2, 0) is 68.3 Å². The number of aromatic nitrogens is 12. The van der Waals surface area contributed by atoms with Crippen molar-refractivity contribution < 1.29 is 29.0 Å². The molecule has 0 saturated heterocycles. The van der Waals surface area contributed by atoms with Gasteiger partial charge in [0.05, 0.1) is 82.9 Å². The van der Waals surface area contributed by atoms with Crippen molar-refractivity contribution in [3.05, 3.63) is 322 Å². The van der Waals surface area contributed by atoms with Crippen LogP contribution >= 0.6 is 39.9 Å². The second kappa shape index (κ2) is 38.9. The number of aromatic carboxylic acids is 1. The number of para-hydroxylation sites is 6. The van der Waals surface area contributed by atoms with Crippen molar-refractivity contribution in [2.75, 3.05) is 0 Å². The minimum Gasteiger partial charge on any atom is -0.478 e. The van der Waals surface area contributed by atoms with Gasteiger partial charge in [0.25, 0.3) is 0 Å². The zero-order chi connectivity index (χ0) is 88.8. The molecule has 127 heavy (non-hydrogen) atoms. The molecule has 6 aromatic heterocycles. The second-order valence-corrected chi connectivity index (χ2v) is 34.9. The molecular formula is C107H108BrIN12O6. The standard InChI is InChI=1S/C37H38N4O2.C33H30N4O2.C19H20N4.C18H19BrO2.HI/c1-7-12-33-39-34-24(2)21-27(35-38-30-15-10-11-16-31(30)40(35)6)22-32(34)41(33)23-25-17-19-26(20-18-25)28-13-8-9-14-29(28)36(42)43-37(3,4)5;1-4-9-30-35-31-21(2)18-24(32-34-27-12-7-8-13-28(27)36(32)3)19-29(31)37(30)20-22-14-16-23(17-15-22)25-10-5-6-11-26(25)33(38)39;1-4-7-17-20-15-11-13(10-12(2)18(15)22-17)19-21-14-8-5-6-9-16(14)23(19)3;1-18(2,3)21-17(20)16-7-5-4-6-15(16)14-10-8-13(12-19)9-11-14;/h8-11,13-22H,7,12,23H2,1-6H3;5-8,10-19H,4,9,20H2,1-3H3,(H,38,39);5-6,8-11H,4,7H2,1-3H3,(H,20,22);4-11H,12H2,1-3H3;1H. The number of H-pyrrole nitrogens is 1. The molecule has 0 aliphatic rings. The maximum atomic E-state index is 12.9. The lowest BCUT2D eigenvalue weighted by Crippen LogP contribution is -2.24. The van der Waals surface area contributed by atoms with E-state index in [1.807, 2.05) is 163 Å². The summed E-state index contributed by atoms with van der Waals surface area (Å²) in [6, 6.07) is 85.0. The molecule has 646 valence electrons. The summed E-state index contributed by atoms with van der Waals surface area (Å²) in [4.78, 5) is 70.1. The van der Waals surface area contributed by atoms with E-state index in [0.29, 0.717) is 29.8 Å². The molecule has 0 bridgehead atoms. The fourth-order valence-corrected chi connectivity index (χ4v) is 16.9. The number of fused-ring (bicyclic) bond motifs is 6. The molecule has 12 aromatic carbocycles. The summed E-state index contributed by atoms with van der Waals surface area (Å²) < 4.78 is 22.3. The van der Waals surface area contributed by atoms with E-state index in [-0.39, 0.29) is 35.9 Å². The Morgan fingerprint density at radius 2 is 0.709 bits per heavy atom. The van der Waals surface area contributed by atoms with Gasteiger partial charge in [0.2, 0.25) is 0 Å². The Kier molecular flexibility index (Phi) is 27.7. The topological polar surface area (TPSA) is 208 Å². The highest BCUT2D eigenvalue weighted by atomic mass is 127. The minimum atomic E-state index is -0.921. The van der Waals surface area contributed by atoms with E-state index < -0.39 is 17.2 Å². The Morgan fingerprint density at radius 1 is 0.378 bits per heavy atom. The Morgan fingerprint density at radius 3 is 1.06 bits per heavy atom. The molecule has 6 heterocycles. The van der Waals surface area contributed by atoms with E-state index in [1.54, 1.807) is 12.1 Å². The van der Waals surface area contributed by atoms with Crippen molar-refractivity contribution in [1.82, 2.24) is 57.7 Å². The first kappa shape index (κ1) is 90.3. The maximum absolute atomic E-state index is 12.9. The van der Waals surface area contributed by atoms with Gasteiger partial charge in [-0.2, -0.15) is 0 Å². The van der Waals surface area contributed by atoms with Gasteiger partial charge in [0.15, 0.2) is 0 Å². The summed E-state index contributed by atoms with van der Waals surface area (Å²) in [6.07, 6.45) is 5.88. The largest absolute Gasteiger partial charge is 0.478 e. The van der Waals surface area contributed by atoms with Crippen LogP contribution in [0.3, 0.4) is 0 Å². The Labute approximate surface area is 767 Å². The lowest BCUT2D eigenvalue weighted by molar-refractivity contribution is 0.00578. The first-order valence-electron chi connectivity index (χ1n) is 43.2. The van der Waals surface area contributed by atoms with Gasteiger partial charge in [-0.25, -0.2) is 44.3 Å². The van der Waals surface area contributed by atoms with Crippen LogP contribution in [0, 0.1) is 20.8 Å². The van der Waals surface area contributed by atoms with Crippen LogP contribution in [0.2, 0.25) is 0 Å². The third-order valence-electron chi connectivity index (χ3n) is 22.5. The highest BCUT2D eigenvalue weighted by Gasteiger charge is 2.26. The third-order valence-corrected chi connectivity index (χ3v) is 23.2. The van der Waals surface area contributed by atoms with Crippen molar-refractivity contribution in [3.8, 4) is 67.5 Å². The van der Waals surface area contributed by atoms with Crippen LogP contribution < -0.4 is 0 Å². The SMILES string of the molecule is CC(C)(C)OC(=O)c1ccccc1-c1ccc(CBr)cc1.CCCc1nc2c(C)cc(-c3nc4ccccc4n3C)cc2[nH]1.CCCc1nc2c(C)cc(-c3nc4ccccc4n3C)cc2n1Cc1ccc(-c2ccccc2C(=O)O)cc1.CCCc1nc2c(C)cc(-c3nc4ccccc4n3C)cc2n1Cc1ccc(-c2ccccc2C(=O)OC(C)(C)C)cc1.I. The summed E-state index contributed by atoms with van der Waals surface area (Å²) in [7, 11) is 6.21. The molecule has 0 unspecified atom stereocenters. The average Bonchev–Trinajstić information content (AvgIpc) is 1.61. The number of aromatic amines is 1. The number of esters is 2. The van der Waals surface area contributed by atoms with Crippen LogP contribution in [0.5, 0.6) is 0 Å². The Bertz CT molecular complexity index is 7060. The zero-order valence-corrected chi connectivity index (χ0v) is 78.7. The number of nitrogens with zero attached hydrogens (tertiary/aromatic N) is 11. The fraction of sp³-hybridized carbons (Fsp3) is 0.243. The van der Waals surface area contributed by atoms with Gasteiger partial charge in [-0.1, -0.05) is 200 Å². The summed E-state index contributed by atoms with van der Waals surface area (Å²) in [5.74, 6) is 4.57. The number of rotatable bonds is 20. The summed E-state index contributed by atoms with van der Waals surface area (Å²) in [6.45, 7) is 25.6. The van der Waals surface area contributed by atoms with E-state index in [9.17, 15) is 19.5 Å². The Balaban J connectivity index is 0.000000143. The number of benzene rings is 12. The first-order valence-corrected chi connectivity index (χ1v) is 44.3. The molecule has 18 nitrogen and oxygen atoms in total. The number of nitrogens with one attached hydrogen (secondary N) is 1. The number of hydrogen-bond acceptors (Lipinski definition) is 11. The number of carboxylic acids is 1. The summed E-state index contributed by atoms with van der Waals surface area (Å²) in [5, 5.41) is 10.4. The van der Waals surface area contributed by atoms with Crippen LogP contribution in [-0.4, -0.2) is 91.9 Å². The predicted octanol–water partition coefficient (Wildman–Crippen LogP) is 26.0. The molecule has 20 heteroatoms. The number of hydrogen-bond donors (Lipinski definition) is 2. The van der Waals surface area contributed by atoms with Crippen molar-refractivity contribution in [2.45, 2.75) is 151 Å². The third kappa shape index (κ3) is 20.0. The van der Waals surface area contributed by atoms with Crippen LogP contribution in [0.15, 0.2) is 255 Å². The minimum absolute atomic E-state index is 0. The summed E-state index contributed by atoms with van der Waals surface area (Å²) >= 11 is 3.43. The molecule has 0 atom stereocenters. The highest BCUT2D eigenvalue weighted by Crippen LogP contribution is 2.37. The molecule has 0 saturated carbocycles. The van der Waals surface area contributed by atoms with Gasteiger partial charge in [0.1, 0.15) is 46.1 Å². The number of alkyl halides is 1. The molecule has 0 aliphatic heterocycles. The van der Waals surface area contributed by atoms with E-state index in [1.165, 1.54) is 16.7 Å². The number of ether oxygens (including phenoxy) is 2. The van der Waals surface area contributed by atoms with Gasteiger partial charge in [0, 0.05) is 75.5 Å². The molecule has 0 radical (unpaired) electrons. The quantitative estimate of drug-likeness (QED) is 0.0415. The fourth-order valence-electron chi connectivity index (χ4n) is 16.5. The van der Waals surface area contributed by atoms with Gasteiger partial charge in [-0.3, -0.25) is 0 Å². The highest BCUT2D eigenvalue weighted by molar-refractivity contribution is 14.0. The predicted molar refractivity (Wildman–Crippen MR) is 530 cm³/mol. The zero-order valence-electron chi connectivity index (χ0n) is 74.8. The molecule has 2 N–H and O–H groups in total.